The van der Waals surface area contributed by atoms with Gasteiger partial charge in [0.25, 0.3) is 5.91 Å². The molecule has 0 bridgehead atoms. The Labute approximate surface area is 172 Å². The number of hydrogen-bond acceptors (Lipinski definition) is 4. The van der Waals surface area contributed by atoms with Crippen LogP contribution in [0.5, 0.6) is 5.75 Å². The third-order valence-corrected chi connectivity index (χ3v) is 5.34. The Bertz CT molecular complexity index is 849. The van der Waals surface area contributed by atoms with E-state index in [9.17, 15) is 9.59 Å². The molecule has 0 aliphatic carbocycles. The summed E-state index contributed by atoms with van der Waals surface area (Å²) in [5, 5.41) is 3.02. The molecule has 6 nitrogen and oxygen atoms in total. The lowest BCUT2D eigenvalue weighted by molar-refractivity contribution is -0.119. The number of hydrogen-bond donors (Lipinski definition) is 1. The van der Waals surface area contributed by atoms with Crippen LogP contribution in [0.25, 0.3) is 0 Å². The molecule has 6 heteroatoms. The van der Waals surface area contributed by atoms with E-state index in [1.807, 2.05) is 50.5 Å². The number of nitrogens with zero attached hydrogens (tertiary/aromatic N) is 2. The molecule has 29 heavy (non-hydrogen) atoms. The number of benzene rings is 2. The lowest BCUT2D eigenvalue weighted by Crippen LogP contribution is -2.35. The van der Waals surface area contributed by atoms with E-state index in [1.54, 1.807) is 24.1 Å². The summed E-state index contributed by atoms with van der Waals surface area (Å²) >= 11 is 0. The molecule has 0 spiro atoms. The van der Waals surface area contributed by atoms with E-state index in [0.29, 0.717) is 18.5 Å². The molecular weight excluding hydrogens is 366 g/mol. The Morgan fingerprint density at radius 2 is 1.86 bits per heavy atom. The summed E-state index contributed by atoms with van der Waals surface area (Å²) in [5.41, 5.74) is 2.46. The molecule has 1 saturated heterocycles. The number of methoxy groups -OCH3 is 1. The van der Waals surface area contributed by atoms with Crippen LogP contribution >= 0.6 is 0 Å². The number of amides is 2. The maximum atomic E-state index is 12.7. The van der Waals surface area contributed by atoms with Crippen molar-refractivity contribution in [3.05, 3.63) is 59.7 Å². The van der Waals surface area contributed by atoms with Gasteiger partial charge in [0.05, 0.1) is 13.2 Å². The Kier molecular flexibility index (Phi) is 6.88. The van der Waals surface area contributed by atoms with Crippen molar-refractivity contribution in [3.8, 4) is 5.75 Å². The zero-order valence-corrected chi connectivity index (χ0v) is 17.4. The molecule has 154 valence electrons. The number of ether oxygens (including phenoxy) is 1. The van der Waals surface area contributed by atoms with Crippen LogP contribution in [0.4, 0.5) is 5.69 Å². The third-order valence-electron chi connectivity index (χ3n) is 5.34. The minimum Gasteiger partial charge on any atom is -0.496 e. The first-order valence-electron chi connectivity index (χ1n) is 9.99. The number of carbonyl (C=O) groups is 2. The van der Waals surface area contributed by atoms with Crippen LogP contribution in [0.15, 0.2) is 48.5 Å². The van der Waals surface area contributed by atoms with Crippen LogP contribution in [-0.4, -0.2) is 51.0 Å². The highest BCUT2D eigenvalue weighted by atomic mass is 16.5. The molecule has 3 rings (SSSR count). The van der Waals surface area contributed by atoms with Gasteiger partial charge in [-0.05, 0) is 57.3 Å². The molecule has 1 atom stereocenters. The number of carbonyl (C=O) groups excluding carboxylic acids is 2. The molecule has 2 amide bonds. The van der Waals surface area contributed by atoms with Gasteiger partial charge in [-0.1, -0.05) is 18.2 Å². The molecule has 1 aliphatic heterocycles. The fourth-order valence-electron chi connectivity index (χ4n) is 3.68. The molecule has 1 N–H and O–H groups in total. The van der Waals surface area contributed by atoms with Gasteiger partial charge in [0.15, 0.2) is 0 Å². The molecule has 1 heterocycles. The molecule has 2 aromatic carbocycles. The first-order valence-corrected chi connectivity index (χ1v) is 9.99. The van der Waals surface area contributed by atoms with Gasteiger partial charge in [0.2, 0.25) is 5.91 Å². The van der Waals surface area contributed by atoms with Gasteiger partial charge < -0.3 is 19.9 Å². The highest BCUT2D eigenvalue weighted by molar-refractivity contribution is 5.97. The first-order chi connectivity index (χ1) is 14.0. The summed E-state index contributed by atoms with van der Waals surface area (Å²) in [7, 11) is 5.61. The highest BCUT2D eigenvalue weighted by Crippen LogP contribution is 2.27. The smallest absolute Gasteiger partial charge is 0.251 e. The first kappa shape index (κ1) is 20.9. The van der Waals surface area contributed by atoms with Gasteiger partial charge in [-0.2, -0.15) is 0 Å². The number of rotatable bonds is 7. The minimum atomic E-state index is -0.136. The van der Waals surface area contributed by atoms with Gasteiger partial charge in [0.1, 0.15) is 5.75 Å². The predicted molar refractivity (Wildman–Crippen MR) is 114 cm³/mol. The van der Waals surface area contributed by atoms with Crippen molar-refractivity contribution in [2.45, 2.75) is 25.3 Å². The topological polar surface area (TPSA) is 61.9 Å². The van der Waals surface area contributed by atoms with E-state index in [4.69, 9.17) is 4.74 Å². The highest BCUT2D eigenvalue weighted by Gasteiger charge is 2.21. The lowest BCUT2D eigenvalue weighted by Gasteiger charge is -2.27. The normalized spacial score (nSPS) is 15.3. The van der Waals surface area contributed by atoms with Gasteiger partial charge in [-0.25, -0.2) is 0 Å². The Morgan fingerprint density at radius 3 is 2.52 bits per heavy atom. The Hall–Kier alpha value is -2.86. The summed E-state index contributed by atoms with van der Waals surface area (Å²) in [4.78, 5) is 28.6. The lowest BCUT2D eigenvalue weighted by atomic mass is 10.0. The summed E-state index contributed by atoms with van der Waals surface area (Å²) in [6.07, 6.45) is 2.56. The number of para-hydroxylation sites is 1. The van der Waals surface area contributed by atoms with E-state index < -0.39 is 0 Å². The van der Waals surface area contributed by atoms with Gasteiger partial charge >= 0.3 is 0 Å². The molecule has 2 aromatic rings. The zero-order valence-electron chi connectivity index (χ0n) is 17.4. The van der Waals surface area contributed by atoms with Gasteiger partial charge in [-0.3, -0.25) is 9.59 Å². The molecule has 1 unspecified atom stereocenters. The van der Waals surface area contributed by atoms with Crippen LogP contribution in [0, 0.1) is 0 Å². The van der Waals surface area contributed by atoms with Crippen molar-refractivity contribution in [2.24, 2.45) is 0 Å². The van der Waals surface area contributed by atoms with E-state index >= 15 is 0 Å². The quantitative estimate of drug-likeness (QED) is 0.782. The van der Waals surface area contributed by atoms with Crippen molar-refractivity contribution in [3.63, 3.8) is 0 Å². The fourth-order valence-corrected chi connectivity index (χ4v) is 3.68. The van der Waals surface area contributed by atoms with Crippen molar-refractivity contribution < 1.29 is 14.3 Å². The van der Waals surface area contributed by atoms with Gasteiger partial charge in [-0.15, -0.1) is 0 Å². The van der Waals surface area contributed by atoms with Crippen LogP contribution in [0.3, 0.4) is 0 Å². The molecule has 0 aromatic heterocycles. The minimum absolute atomic E-state index is 0.0136. The monoisotopic (exact) mass is 395 g/mol. The van der Waals surface area contributed by atoms with E-state index in [-0.39, 0.29) is 17.9 Å². The SMILES string of the molecule is COc1ccccc1C(CNC(=O)c1ccc(N2CCCCC2=O)cc1)N(C)C. The fraction of sp³-hybridized carbons (Fsp3) is 0.391. The van der Waals surface area contributed by atoms with Crippen LogP contribution in [-0.2, 0) is 4.79 Å². The van der Waals surface area contributed by atoms with Crippen LogP contribution in [0.2, 0.25) is 0 Å². The van der Waals surface area contributed by atoms with Crippen LogP contribution < -0.4 is 15.0 Å². The largest absolute Gasteiger partial charge is 0.496 e. The average Bonchev–Trinajstić information content (AvgIpc) is 2.74. The van der Waals surface area contributed by atoms with Crippen molar-refractivity contribution in [2.75, 3.05) is 39.2 Å². The number of anilines is 1. The maximum Gasteiger partial charge on any atom is 0.251 e. The summed E-state index contributed by atoms with van der Waals surface area (Å²) in [5.74, 6) is 0.818. The molecule has 0 saturated carbocycles. The second-order valence-electron chi connectivity index (χ2n) is 7.48. The third kappa shape index (κ3) is 4.95. The summed E-state index contributed by atoms with van der Waals surface area (Å²) < 4.78 is 5.48. The number of nitrogens with one attached hydrogen (secondary N) is 1. The second-order valence-corrected chi connectivity index (χ2v) is 7.48. The molecule has 1 aliphatic rings. The molecule has 1 fully saturated rings. The number of likely N-dealkylation sites (N-methyl/N-ethyl adjacent to an activating group) is 1. The maximum absolute atomic E-state index is 12.7. The van der Waals surface area contributed by atoms with Crippen LogP contribution in [0.1, 0.15) is 41.2 Å². The van der Waals surface area contributed by atoms with E-state index in [2.05, 4.69) is 10.2 Å². The Morgan fingerprint density at radius 1 is 1.14 bits per heavy atom. The number of piperidine rings is 1. The van der Waals surface area contributed by atoms with E-state index in [1.165, 1.54) is 0 Å². The van der Waals surface area contributed by atoms with Crippen molar-refractivity contribution in [1.82, 2.24) is 10.2 Å². The second kappa shape index (κ2) is 9.56. The molecular formula is C23H29N3O3. The van der Waals surface area contributed by atoms with Gasteiger partial charge in [0, 0.05) is 36.3 Å². The van der Waals surface area contributed by atoms with Crippen molar-refractivity contribution >= 4 is 17.5 Å². The van der Waals surface area contributed by atoms with E-state index in [0.717, 1.165) is 36.4 Å². The average molecular weight is 396 g/mol. The van der Waals surface area contributed by atoms with Crippen molar-refractivity contribution in [1.29, 1.82) is 0 Å². The summed E-state index contributed by atoms with van der Waals surface area (Å²) in [6.45, 7) is 1.20. The standard InChI is InChI=1S/C23H29N3O3/c1-25(2)20(19-8-4-5-9-21(19)29-3)16-24-23(28)17-11-13-18(14-12-17)26-15-7-6-10-22(26)27/h4-5,8-9,11-14,20H,6-7,10,15-16H2,1-3H3,(H,24,28). The molecule has 0 radical (unpaired) electrons. The Balaban J connectivity index is 1.66. The zero-order chi connectivity index (χ0) is 20.8. The summed E-state index contributed by atoms with van der Waals surface area (Å²) in [6, 6.07) is 15.1. The predicted octanol–water partition coefficient (Wildman–Crippen LogP) is 3.24.